The maximum atomic E-state index is 13.0. The number of hydrogen-bond acceptors (Lipinski definition) is 1. The Morgan fingerprint density at radius 2 is 1.81 bits per heavy atom. The van der Waals surface area contributed by atoms with Crippen LogP contribution in [0.4, 0.5) is 9.18 Å². The average molecular weight is 286 g/mol. The van der Waals surface area contributed by atoms with Crippen LogP contribution >= 0.6 is 0 Å². The molecule has 0 aliphatic heterocycles. The van der Waals surface area contributed by atoms with E-state index >= 15 is 0 Å². The van der Waals surface area contributed by atoms with Gasteiger partial charge in [0.2, 0.25) is 0 Å². The minimum atomic E-state index is -0.297. The summed E-state index contributed by atoms with van der Waals surface area (Å²) < 4.78 is 13.0. The quantitative estimate of drug-likeness (QED) is 0.871. The van der Waals surface area contributed by atoms with Crippen LogP contribution in [0.5, 0.6) is 0 Å². The fourth-order valence-corrected chi connectivity index (χ4v) is 1.97. The van der Waals surface area contributed by atoms with E-state index in [1.807, 2.05) is 6.92 Å². The van der Waals surface area contributed by atoms with Crippen LogP contribution in [0.15, 0.2) is 48.5 Å². The number of halogens is 1. The molecule has 0 fully saturated rings. The molecule has 2 rings (SSSR count). The number of amides is 2. The number of benzene rings is 2. The van der Waals surface area contributed by atoms with Crippen molar-refractivity contribution >= 4 is 6.03 Å². The van der Waals surface area contributed by atoms with Crippen LogP contribution < -0.4 is 10.6 Å². The molecule has 0 heterocycles. The molecule has 0 radical (unpaired) electrons. The van der Waals surface area contributed by atoms with Crippen molar-refractivity contribution in [2.24, 2.45) is 0 Å². The summed E-state index contributed by atoms with van der Waals surface area (Å²) in [6, 6.07) is 14.2. The van der Waals surface area contributed by atoms with E-state index < -0.39 is 0 Å². The largest absolute Gasteiger partial charge is 0.338 e. The molecule has 0 saturated carbocycles. The van der Waals surface area contributed by atoms with Gasteiger partial charge in [0.05, 0.1) is 0 Å². The molecule has 0 spiro atoms. The lowest BCUT2D eigenvalue weighted by molar-refractivity contribution is 0.240. The zero-order chi connectivity index (χ0) is 15.1. The lowest BCUT2D eigenvalue weighted by Crippen LogP contribution is -2.36. The van der Waals surface area contributed by atoms with Crippen LogP contribution in [0, 0.1) is 12.7 Å². The van der Waals surface area contributed by atoms with Gasteiger partial charge in [-0.1, -0.05) is 42.0 Å². The normalized spacial score (nSPS) is 10.2. The van der Waals surface area contributed by atoms with E-state index in [-0.39, 0.29) is 11.8 Å². The van der Waals surface area contributed by atoms with Crippen LogP contribution in [0.2, 0.25) is 0 Å². The van der Waals surface area contributed by atoms with Crippen LogP contribution in [-0.4, -0.2) is 12.6 Å². The van der Waals surface area contributed by atoms with Crippen molar-refractivity contribution in [1.29, 1.82) is 0 Å². The number of aryl methyl sites for hydroxylation is 1. The monoisotopic (exact) mass is 286 g/mol. The first-order valence-electron chi connectivity index (χ1n) is 6.95. The van der Waals surface area contributed by atoms with Gasteiger partial charge in [0, 0.05) is 13.1 Å². The molecule has 0 aliphatic carbocycles. The van der Waals surface area contributed by atoms with Crippen molar-refractivity contribution in [3.63, 3.8) is 0 Å². The van der Waals surface area contributed by atoms with Crippen molar-refractivity contribution in [2.45, 2.75) is 19.9 Å². The van der Waals surface area contributed by atoms with Gasteiger partial charge in [-0.15, -0.1) is 0 Å². The summed E-state index contributed by atoms with van der Waals surface area (Å²) in [5.74, 6) is -0.297. The standard InChI is InChI=1S/C17H19FN2O/c1-13-5-7-14(8-6-13)9-10-19-17(21)20-12-15-3-2-4-16(18)11-15/h2-8,11H,9-10,12H2,1H3,(H2,19,20,21). The lowest BCUT2D eigenvalue weighted by atomic mass is 10.1. The Labute approximate surface area is 124 Å². The van der Waals surface area contributed by atoms with Gasteiger partial charge in [0.25, 0.3) is 0 Å². The van der Waals surface area contributed by atoms with E-state index in [1.165, 1.54) is 23.3 Å². The molecule has 2 N–H and O–H groups in total. The van der Waals surface area contributed by atoms with E-state index in [2.05, 4.69) is 34.9 Å². The van der Waals surface area contributed by atoms with Crippen LogP contribution in [-0.2, 0) is 13.0 Å². The third-order valence-electron chi connectivity index (χ3n) is 3.16. The molecular formula is C17H19FN2O. The van der Waals surface area contributed by atoms with Gasteiger partial charge in [-0.3, -0.25) is 0 Å². The number of nitrogens with one attached hydrogen (secondary N) is 2. The lowest BCUT2D eigenvalue weighted by Gasteiger charge is -2.08. The van der Waals surface area contributed by atoms with Crippen LogP contribution in [0.1, 0.15) is 16.7 Å². The molecule has 2 aromatic carbocycles. The molecule has 0 atom stereocenters. The van der Waals surface area contributed by atoms with Gasteiger partial charge >= 0.3 is 6.03 Å². The highest BCUT2D eigenvalue weighted by Gasteiger charge is 2.01. The molecule has 2 aromatic rings. The number of carbonyl (C=O) groups excluding carboxylic acids is 1. The van der Waals surface area contributed by atoms with Gasteiger partial charge in [-0.2, -0.15) is 0 Å². The topological polar surface area (TPSA) is 41.1 Å². The highest BCUT2D eigenvalue weighted by atomic mass is 19.1. The Morgan fingerprint density at radius 1 is 1.05 bits per heavy atom. The Hall–Kier alpha value is -2.36. The van der Waals surface area contributed by atoms with Gasteiger partial charge < -0.3 is 10.6 Å². The van der Waals surface area contributed by atoms with E-state index in [4.69, 9.17) is 0 Å². The molecule has 0 aliphatic rings. The molecule has 0 aromatic heterocycles. The average Bonchev–Trinajstić information content (AvgIpc) is 2.47. The SMILES string of the molecule is Cc1ccc(CCNC(=O)NCc2cccc(F)c2)cc1. The zero-order valence-corrected chi connectivity index (χ0v) is 12.0. The molecule has 0 saturated heterocycles. The number of hydrogen-bond donors (Lipinski definition) is 2. The second-order valence-corrected chi connectivity index (χ2v) is 4.97. The summed E-state index contributed by atoms with van der Waals surface area (Å²) in [6.45, 7) is 2.92. The van der Waals surface area contributed by atoms with E-state index in [0.717, 1.165) is 12.0 Å². The Morgan fingerprint density at radius 3 is 2.52 bits per heavy atom. The Kier molecular flexibility index (Phi) is 5.32. The number of rotatable bonds is 5. The fourth-order valence-electron chi connectivity index (χ4n) is 1.97. The minimum Gasteiger partial charge on any atom is -0.338 e. The van der Waals surface area contributed by atoms with Crippen molar-refractivity contribution < 1.29 is 9.18 Å². The smallest absolute Gasteiger partial charge is 0.315 e. The van der Waals surface area contributed by atoms with Crippen molar-refractivity contribution in [1.82, 2.24) is 10.6 Å². The minimum absolute atomic E-state index is 0.244. The fraction of sp³-hybridized carbons (Fsp3) is 0.235. The second-order valence-electron chi connectivity index (χ2n) is 4.97. The van der Waals surface area contributed by atoms with Gasteiger partial charge in [0.1, 0.15) is 5.82 Å². The summed E-state index contributed by atoms with van der Waals surface area (Å²) in [5.41, 5.74) is 3.15. The third-order valence-corrected chi connectivity index (χ3v) is 3.16. The van der Waals surface area contributed by atoms with Crippen LogP contribution in [0.3, 0.4) is 0 Å². The van der Waals surface area contributed by atoms with Gasteiger partial charge in [0.15, 0.2) is 0 Å². The molecular weight excluding hydrogens is 267 g/mol. The van der Waals surface area contributed by atoms with E-state index in [9.17, 15) is 9.18 Å². The van der Waals surface area contributed by atoms with E-state index in [1.54, 1.807) is 12.1 Å². The maximum absolute atomic E-state index is 13.0. The third kappa shape index (κ3) is 5.26. The molecule has 0 unspecified atom stereocenters. The predicted octanol–water partition coefficient (Wildman–Crippen LogP) is 3.18. The first-order chi connectivity index (χ1) is 10.1. The van der Waals surface area contributed by atoms with Crippen LogP contribution in [0.25, 0.3) is 0 Å². The summed E-state index contributed by atoms with van der Waals surface area (Å²) >= 11 is 0. The number of carbonyl (C=O) groups is 1. The Bertz CT molecular complexity index is 596. The van der Waals surface area contributed by atoms with E-state index in [0.29, 0.717) is 13.1 Å². The molecule has 2 amide bonds. The number of urea groups is 1. The van der Waals surface area contributed by atoms with Crippen molar-refractivity contribution in [2.75, 3.05) is 6.54 Å². The highest BCUT2D eigenvalue weighted by Crippen LogP contribution is 2.04. The highest BCUT2D eigenvalue weighted by molar-refractivity contribution is 5.73. The van der Waals surface area contributed by atoms with Gasteiger partial charge in [-0.05, 0) is 36.6 Å². The predicted molar refractivity (Wildman–Crippen MR) is 81.5 cm³/mol. The summed E-state index contributed by atoms with van der Waals surface area (Å²) in [5, 5.41) is 5.49. The van der Waals surface area contributed by atoms with Crippen molar-refractivity contribution in [3.05, 3.63) is 71.0 Å². The maximum Gasteiger partial charge on any atom is 0.315 e. The Balaban J connectivity index is 1.69. The van der Waals surface area contributed by atoms with Crippen molar-refractivity contribution in [3.8, 4) is 0 Å². The summed E-state index contributed by atoms with van der Waals surface area (Å²) in [7, 11) is 0. The van der Waals surface area contributed by atoms with Gasteiger partial charge in [-0.25, -0.2) is 9.18 Å². The molecule has 4 heteroatoms. The molecule has 3 nitrogen and oxygen atoms in total. The zero-order valence-electron chi connectivity index (χ0n) is 12.0. The summed E-state index contributed by atoms with van der Waals surface area (Å²) in [4.78, 5) is 11.6. The molecule has 21 heavy (non-hydrogen) atoms. The second kappa shape index (κ2) is 7.43. The molecule has 0 bridgehead atoms. The molecule has 110 valence electrons. The summed E-state index contributed by atoms with van der Waals surface area (Å²) in [6.07, 6.45) is 0.785. The first-order valence-corrected chi connectivity index (χ1v) is 6.95. The first kappa shape index (κ1) is 15.0.